The Hall–Kier alpha value is -2.54. The maximum absolute atomic E-state index is 11.7. The third kappa shape index (κ3) is 1.66. The van der Waals surface area contributed by atoms with Gasteiger partial charge in [0.15, 0.2) is 0 Å². The average molecular weight is 211 g/mol. The van der Waals surface area contributed by atoms with Crippen molar-refractivity contribution >= 4 is 5.69 Å². The van der Waals surface area contributed by atoms with E-state index in [-0.39, 0.29) is 11.2 Å². The molecule has 2 aromatic rings. The summed E-state index contributed by atoms with van der Waals surface area (Å²) in [6, 6.07) is 12.0. The molecule has 0 aliphatic carbocycles. The van der Waals surface area contributed by atoms with Crippen LogP contribution in [0.2, 0.25) is 0 Å². The molecule has 0 amide bonds. The van der Waals surface area contributed by atoms with Gasteiger partial charge in [-0.15, -0.1) is 0 Å². The van der Waals surface area contributed by atoms with E-state index in [0.29, 0.717) is 11.3 Å². The van der Waals surface area contributed by atoms with Gasteiger partial charge in [0.25, 0.3) is 5.56 Å². The topological polar surface area (TPSA) is 71.8 Å². The second kappa shape index (κ2) is 3.91. The SMILES string of the molecule is N#Cc1ccc(-n2cccc(N)c2=O)cc1. The van der Waals surface area contributed by atoms with Crippen LogP contribution in [0, 0.1) is 11.3 Å². The van der Waals surface area contributed by atoms with Gasteiger partial charge < -0.3 is 5.73 Å². The van der Waals surface area contributed by atoms with Gasteiger partial charge >= 0.3 is 0 Å². The molecule has 0 saturated carbocycles. The molecule has 1 aromatic carbocycles. The zero-order chi connectivity index (χ0) is 11.5. The highest BCUT2D eigenvalue weighted by atomic mass is 16.1. The Labute approximate surface area is 92.2 Å². The molecule has 4 heteroatoms. The summed E-state index contributed by atoms with van der Waals surface area (Å²) in [4.78, 5) is 11.7. The smallest absolute Gasteiger partial charge is 0.278 e. The van der Waals surface area contributed by atoms with E-state index in [0.717, 1.165) is 0 Å². The Bertz CT molecular complexity index is 605. The summed E-state index contributed by atoms with van der Waals surface area (Å²) in [7, 11) is 0. The zero-order valence-electron chi connectivity index (χ0n) is 8.42. The number of aromatic nitrogens is 1. The molecule has 0 aliphatic rings. The summed E-state index contributed by atoms with van der Waals surface area (Å²) in [5, 5.41) is 8.66. The van der Waals surface area contributed by atoms with Gasteiger partial charge in [-0.1, -0.05) is 0 Å². The van der Waals surface area contributed by atoms with Gasteiger partial charge in [-0.2, -0.15) is 5.26 Å². The van der Waals surface area contributed by atoms with Crippen molar-refractivity contribution in [3.05, 3.63) is 58.5 Å². The van der Waals surface area contributed by atoms with Crippen LogP contribution in [0.1, 0.15) is 5.56 Å². The van der Waals surface area contributed by atoms with Gasteiger partial charge in [0, 0.05) is 11.9 Å². The third-order valence-corrected chi connectivity index (χ3v) is 2.25. The van der Waals surface area contributed by atoms with Crippen LogP contribution in [0.4, 0.5) is 5.69 Å². The number of hydrogen-bond acceptors (Lipinski definition) is 3. The maximum Gasteiger partial charge on any atom is 0.278 e. The quantitative estimate of drug-likeness (QED) is 0.772. The van der Waals surface area contributed by atoms with E-state index in [4.69, 9.17) is 11.0 Å². The third-order valence-electron chi connectivity index (χ3n) is 2.25. The van der Waals surface area contributed by atoms with Crippen LogP contribution in [-0.4, -0.2) is 4.57 Å². The first-order chi connectivity index (χ1) is 7.72. The molecule has 0 fully saturated rings. The Balaban J connectivity index is 2.56. The van der Waals surface area contributed by atoms with Crippen molar-refractivity contribution in [2.24, 2.45) is 0 Å². The van der Waals surface area contributed by atoms with Gasteiger partial charge in [0.2, 0.25) is 0 Å². The predicted octanol–water partition coefficient (Wildman–Crippen LogP) is 1.29. The van der Waals surface area contributed by atoms with E-state index in [1.807, 2.05) is 6.07 Å². The zero-order valence-corrected chi connectivity index (χ0v) is 8.42. The first-order valence-electron chi connectivity index (χ1n) is 4.70. The predicted molar refractivity (Wildman–Crippen MR) is 61.2 cm³/mol. The maximum atomic E-state index is 11.7. The number of nitrogens with zero attached hydrogens (tertiary/aromatic N) is 2. The molecule has 2 N–H and O–H groups in total. The first kappa shape index (κ1) is 9.99. The van der Waals surface area contributed by atoms with Crippen LogP contribution in [0.3, 0.4) is 0 Å². The monoisotopic (exact) mass is 211 g/mol. The number of pyridine rings is 1. The Kier molecular flexibility index (Phi) is 2.44. The fraction of sp³-hybridized carbons (Fsp3) is 0. The van der Waals surface area contributed by atoms with Crippen molar-refractivity contribution in [1.29, 1.82) is 5.26 Å². The molecule has 4 nitrogen and oxygen atoms in total. The Morgan fingerprint density at radius 2 is 1.88 bits per heavy atom. The van der Waals surface area contributed by atoms with Crippen molar-refractivity contribution in [1.82, 2.24) is 4.57 Å². The highest BCUT2D eigenvalue weighted by Crippen LogP contribution is 2.07. The van der Waals surface area contributed by atoms with Crippen LogP contribution < -0.4 is 11.3 Å². The number of anilines is 1. The summed E-state index contributed by atoms with van der Waals surface area (Å²) in [6.45, 7) is 0. The van der Waals surface area contributed by atoms with E-state index in [9.17, 15) is 4.79 Å². The van der Waals surface area contributed by atoms with Crippen molar-refractivity contribution < 1.29 is 0 Å². The van der Waals surface area contributed by atoms with Crippen molar-refractivity contribution in [2.75, 3.05) is 5.73 Å². The Morgan fingerprint density at radius 1 is 1.19 bits per heavy atom. The van der Waals surface area contributed by atoms with E-state index >= 15 is 0 Å². The molecule has 1 heterocycles. The van der Waals surface area contributed by atoms with E-state index in [2.05, 4.69) is 0 Å². The molecule has 1 aromatic heterocycles. The van der Waals surface area contributed by atoms with Gasteiger partial charge in [-0.25, -0.2) is 0 Å². The minimum Gasteiger partial charge on any atom is -0.394 e. The molecule has 0 atom stereocenters. The van der Waals surface area contributed by atoms with Crippen molar-refractivity contribution in [3.63, 3.8) is 0 Å². The first-order valence-corrected chi connectivity index (χ1v) is 4.70. The number of benzene rings is 1. The minimum absolute atomic E-state index is 0.201. The molecule has 0 saturated heterocycles. The molecule has 2 rings (SSSR count). The molecule has 0 aliphatic heterocycles. The molecule has 78 valence electrons. The number of nitrogen functional groups attached to an aromatic ring is 1. The molecule has 0 unspecified atom stereocenters. The summed E-state index contributed by atoms with van der Waals surface area (Å²) in [5.41, 5.74) is 6.72. The van der Waals surface area contributed by atoms with Crippen molar-refractivity contribution in [3.8, 4) is 11.8 Å². The van der Waals surface area contributed by atoms with Gasteiger partial charge in [0.05, 0.1) is 17.3 Å². The fourth-order valence-corrected chi connectivity index (χ4v) is 1.41. The fourth-order valence-electron chi connectivity index (χ4n) is 1.41. The summed E-state index contributed by atoms with van der Waals surface area (Å²) in [5.74, 6) is 0. The number of nitrogens with two attached hydrogens (primary N) is 1. The van der Waals surface area contributed by atoms with Crippen LogP contribution in [-0.2, 0) is 0 Å². The Morgan fingerprint density at radius 3 is 2.50 bits per heavy atom. The van der Waals surface area contributed by atoms with E-state index in [1.54, 1.807) is 42.6 Å². The highest BCUT2D eigenvalue weighted by Gasteiger charge is 2.01. The van der Waals surface area contributed by atoms with Crippen LogP contribution in [0.15, 0.2) is 47.4 Å². The van der Waals surface area contributed by atoms with Crippen LogP contribution in [0.5, 0.6) is 0 Å². The standard InChI is InChI=1S/C12H9N3O/c13-8-9-3-5-10(6-4-9)15-7-1-2-11(14)12(15)16/h1-7H,14H2. The molecular formula is C12H9N3O. The number of nitriles is 1. The summed E-state index contributed by atoms with van der Waals surface area (Å²) < 4.78 is 1.44. The lowest BCUT2D eigenvalue weighted by molar-refractivity contribution is 0.995. The van der Waals surface area contributed by atoms with Crippen LogP contribution >= 0.6 is 0 Å². The molecular weight excluding hydrogens is 202 g/mol. The summed E-state index contributed by atoms with van der Waals surface area (Å²) in [6.07, 6.45) is 1.64. The van der Waals surface area contributed by atoms with Gasteiger partial charge in [0.1, 0.15) is 0 Å². The van der Waals surface area contributed by atoms with Crippen LogP contribution in [0.25, 0.3) is 5.69 Å². The van der Waals surface area contributed by atoms with Crippen molar-refractivity contribution in [2.45, 2.75) is 0 Å². The van der Waals surface area contributed by atoms with Gasteiger partial charge in [-0.3, -0.25) is 9.36 Å². The highest BCUT2D eigenvalue weighted by molar-refractivity contribution is 5.43. The second-order valence-electron chi connectivity index (χ2n) is 3.30. The average Bonchev–Trinajstić information content (AvgIpc) is 2.33. The van der Waals surface area contributed by atoms with Gasteiger partial charge in [-0.05, 0) is 36.4 Å². The number of rotatable bonds is 1. The largest absolute Gasteiger partial charge is 0.394 e. The summed E-state index contributed by atoms with van der Waals surface area (Å²) >= 11 is 0. The lowest BCUT2D eigenvalue weighted by Crippen LogP contribution is -2.20. The number of hydrogen-bond donors (Lipinski definition) is 1. The molecule has 0 radical (unpaired) electrons. The molecule has 16 heavy (non-hydrogen) atoms. The normalized spacial score (nSPS) is 9.69. The molecule has 0 spiro atoms. The molecule has 0 bridgehead atoms. The van der Waals surface area contributed by atoms with E-state index < -0.39 is 0 Å². The second-order valence-corrected chi connectivity index (χ2v) is 3.30. The lowest BCUT2D eigenvalue weighted by Gasteiger charge is -2.05. The lowest BCUT2D eigenvalue weighted by atomic mass is 10.2. The van der Waals surface area contributed by atoms with E-state index in [1.165, 1.54) is 4.57 Å². The minimum atomic E-state index is -0.257.